The highest BCUT2D eigenvalue weighted by Gasteiger charge is 2.33. The molecule has 0 amide bonds. The minimum absolute atomic E-state index is 0.157. The third-order valence-electron chi connectivity index (χ3n) is 3.26. The molecule has 1 aromatic heterocycles. The molecule has 1 aliphatic heterocycles. The number of nitro groups is 1. The van der Waals surface area contributed by atoms with E-state index in [0.29, 0.717) is 12.1 Å². The molecule has 3 atom stereocenters. The van der Waals surface area contributed by atoms with Crippen LogP contribution in [0.2, 0.25) is 0 Å². The number of hydrogen-bond acceptors (Lipinski definition) is 5. The molecule has 0 bridgehead atoms. The van der Waals surface area contributed by atoms with Gasteiger partial charge in [-0.15, -0.1) is 0 Å². The fourth-order valence-electron chi connectivity index (χ4n) is 2.27. The summed E-state index contributed by atoms with van der Waals surface area (Å²) in [7, 11) is 1.56. The molecule has 0 saturated carbocycles. The lowest BCUT2D eigenvalue weighted by atomic mass is 10.0. The number of nitrogens with zero attached hydrogens (tertiary/aromatic N) is 6. The van der Waals surface area contributed by atoms with Crippen molar-refractivity contribution in [1.82, 2.24) is 9.78 Å². The molecule has 108 valence electrons. The Morgan fingerprint density at radius 2 is 2.45 bits per heavy atom. The SMILES string of the molecule is Cn1ncc([N+](=O)[O-])c1C1CCC(N=[N+]=[N-])C(F)CO1. The van der Waals surface area contributed by atoms with Gasteiger partial charge in [-0.25, -0.2) is 4.39 Å². The van der Waals surface area contributed by atoms with Gasteiger partial charge in [-0.3, -0.25) is 14.8 Å². The van der Waals surface area contributed by atoms with Gasteiger partial charge in [-0.2, -0.15) is 5.10 Å². The monoisotopic (exact) mass is 284 g/mol. The second kappa shape index (κ2) is 5.85. The molecule has 20 heavy (non-hydrogen) atoms. The minimum atomic E-state index is -1.41. The first-order chi connectivity index (χ1) is 9.54. The molecular weight excluding hydrogens is 271 g/mol. The molecule has 1 aliphatic rings. The van der Waals surface area contributed by atoms with Crippen LogP contribution < -0.4 is 0 Å². The number of rotatable bonds is 3. The van der Waals surface area contributed by atoms with Crippen LogP contribution in [0.5, 0.6) is 0 Å². The highest BCUT2D eigenvalue weighted by molar-refractivity contribution is 5.34. The second-order valence-electron chi connectivity index (χ2n) is 4.48. The highest BCUT2D eigenvalue weighted by Crippen LogP contribution is 2.34. The van der Waals surface area contributed by atoms with E-state index in [2.05, 4.69) is 15.1 Å². The Morgan fingerprint density at radius 1 is 1.70 bits per heavy atom. The lowest BCUT2D eigenvalue weighted by Gasteiger charge is -2.14. The topological polar surface area (TPSA) is 119 Å². The van der Waals surface area contributed by atoms with E-state index in [9.17, 15) is 14.5 Å². The summed E-state index contributed by atoms with van der Waals surface area (Å²) in [5.41, 5.74) is 8.52. The Balaban J connectivity index is 2.24. The molecule has 0 aliphatic carbocycles. The Morgan fingerprint density at radius 3 is 3.10 bits per heavy atom. The number of ether oxygens (including phenoxy) is 1. The summed E-state index contributed by atoms with van der Waals surface area (Å²) in [6, 6.07) is -0.808. The average molecular weight is 284 g/mol. The maximum Gasteiger partial charge on any atom is 0.312 e. The zero-order valence-electron chi connectivity index (χ0n) is 10.7. The Bertz CT molecular complexity index is 555. The molecule has 2 heterocycles. The number of hydrogen-bond donors (Lipinski definition) is 0. The summed E-state index contributed by atoms with van der Waals surface area (Å²) in [6.45, 7) is -0.267. The fourth-order valence-corrected chi connectivity index (χ4v) is 2.27. The van der Waals surface area contributed by atoms with E-state index in [1.165, 1.54) is 4.68 Å². The largest absolute Gasteiger partial charge is 0.369 e. The first-order valence-electron chi connectivity index (χ1n) is 6.00. The van der Waals surface area contributed by atoms with Crippen molar-refractivity contribution in [1.29, 1.82) is 0 Å². The third kappa shape index (κ3) is 2.70. The van der Waals surface area contributed by atoms with Crippen molar-refractivity contribution in [2.75, 3.05) is 6.61 Å². The van der Waals surface area contributed by atoms with E-state index in [1.807, 2.05) is 0 Å². The summed E-state index contributed by atoms with van der Waals surface area (Å²) in [4.78, 5) is 13.0. The molecule has 1 saturated heterocycles. The summed E-state index contributed by atoms with van der Waals surface area (Å²) < 4.78 is 20.5. The summed E-state index contributed by atoms with van der Waals surface area (Å²) in [5.74, 6) is 0. The normalized spacial score (nSPS) is 26.6. The number of aromatic nitrogens is 2. The van der Waals surface area contributed by atoms with Gasteiger partial charge in [0.25, 0.3) is 0 Å². The molecule has 1 aromatic rings. The fraction of sp³-hybridized carbons (Fsp3) is 0.700. The number of azide groups is 1. The Labute approximate surface area is 113 Å². The predicted molar refractivity (Wildman–Crippen MR) is 65.6 cm³/mol. The van der Waals surface area contributed by atoms with Crippen molar-refractivity contribution in [3.63, 3.8) is 0 Å². The average Bonchev–Trinajstić information content (AvgIpc) is 2.70. The van der Waals surface area contributed by atoms with E-state index >= 15 is 0 Å². The highest BCUT2D eigenvalue weighted by atomic mass is 19.1. The van der Waals surface area contributed by atoms with Crippen molar-refractivity contribution < 1.29 is 14.1 Å². The molecule has 9 nitrogen and oxygen atoms in total. The van der Waals surface area contributed by atoms with Crippen LogP contribution in [-0.4, -0.2) is 33.5 Å². The van der Waals surface area contributed by atoms with Crippen LogP contribution in [0.15, 0.2) is 11.3 Å². The van der Waals surface area contributed by atoms with Gasteiger partial charge in [0.05, 0.1) is 17.6 Å². The maximum atomic E-state index is 13.7. The maximum absolute atomic E-state index is 13.7. The third-order valence-corrected chi connectivity index (χ3v) is 3.26. The summed E-state index contributed by atoms with van der Waals surface area (Å²) in [6.07, 6.45) is -0.326. The van der Waals surface area contributed by atoms with Gasteiger partial charge >= 0.3 is 5.69 Å². The lowest BCUT2D eigenvalue weighted by molar-refractivity contribution is -0.386. The van der Waals surface area contributed by atoms with Crippen molar-refractivity contribution >= 4 is 5.69 Å². The second-order valence-corrected chi connectivity index (χ2v) is 4.48. The van der Waals surface area contributed by atoms with E-state index in [-0.39, 0.29) is 18.7 Å². The van der Waals surface area contributed by atoms with Crippen molar-refractivity contribution in [3.8, 4) is 0 Å². The van der Waals surface area contributed by atoms with Crippen LogP contribution in [0.1, 0.15) is 24.6 Å². The van der Waals surface area contributed by atoms with Gasteiger partial charge in [0.1, 0.15) is 24.2 Å². The van der Waals surface area contributed by atoms with Crippen molar-refractivity contribution in [2.24, 2.45) is 12.2 Å². The van der Waals surface area contributed by atoms with Crippen LogP contribution in [-0.2, 0) is 11.8 Å². The number of alkyl halides is 1. The van der Waals surface area contributed by atoms with Crippen molar-refractivity contribution in [3.05, 3.63) is 32.4 Å². The molecule has 2 rings (SSSR count). The van der Waals surface area contributed by atoms with Crippen LogP contribution in [0.3, 0.4) is 0 Å². The number of halogens is 1. The van der Waals surface area contributed by atoms with Gasteiger partial charge in [0.2, 0.25) is 0 Å². The quantitative estimate of drug-likeness (QED) is 0.278. The molecule has 0 spiro atoms. The Hall–Kier alpha value is -2.19. The molecule has 0 aromatic carbocycles. The Kier molecular flexibility index (Phi) is 4.16. The molecule has 0 N–H and O–H groups in total. The molecule has 0 radical (unpaired) electrons. The molecule has 3 unspecified atom stereocenters. The van der Waals surface area contributed by atoms with Gasteiger partial charge in [0.15, 0.2) is 0 Å². The standard InChI is InChI=1S/C10H13FN6O3/c1-16-10(8(4-13-16)17(18)19)9-3-2-7(14-15-12)6(11)5-20-9/h4,6-7,9H,2-3,5H2,1H3. The van der Waals surface area contributed by atoms with E-state index in [0.717, 1.165) is 6.20 Å². The summed E-state index contributed by atoms with van der Waals surface area (Å²) >= 11 is 0. The van der Waals surface area contributed by atoms with Crippen LogP contribution in [0.25, 0.3) is 10.4 Å². The minimum Gasteiger partial charge on any atom is -0.369 e. The van der Waals surface area contributed by atoms with E-state index < -0.39 is 23.2 Å². The molecule has 10 heteroatoms. The van der Waals surface area contributed by atoms with Gasteiger partial charge in [-0.05, 0) is 18.4 Å². The van der Waals surface area contributed by atoms with Crippen LogP contribution in [0, 0.1) is 10.1 Å². The molecule has 1 fully saturated rings. The van der Waals surface area contributed by atoms with Gasteiger partial charge in [0, 0.05) is 12.0 Å². The lowest BCUT2D eigenvalue weighted by Crippen LogP contribution is -2.21. The first kappa shape index (κ1) is 14.2. The summed E-state index contributed by atoms with van der Waals surface area (Å²) in [5, 5.41) is 18.2. The predicted octanol–water partition coefficient (Wildman–Crippen LogP) is 2.20. The smallest absolute Gasteiger partial charge is 0.312 e. The van der Waals surface area contributed by atoms with Gasteiger partial charge < -0.3 is 4.74 Å². The van der Waals surface area contributed by atoms with E-state index in [4.69, 9.17) is 10.3 Å². The zero-order chi connectivity index (χ0) is 14.7. The van der Waals surface area contributed by atoms with Gasteiger partial charge in [-0.1, -0.05) is 5.11 Å². The molecular formula is C10H13FN6O3. The zero-order valence-corrected chi connectivity index (χ0v) is 10.7. The van der Waals surface area contributed by atoms with E-state index in [1.54, 1.807) is 7.05 Å². The van der Waals surface area contributed by atoms with Crippen molar-refractivity contribution in [2.45, 2.75) is 31.2 Å². The van der Waals surface area contributed by atoms with Crippen LogP contribution >= 0.6 is 0 Å². The first-order valence-corrected chi connectivity index (χ1v) is 6.00. The number of aryl methyl sites for hydroxylation is 1. The van der Waals surface area contributed by atoms with Crippen LogP contribution in [0.4, 0.5) is 10.1 Å².